The largest absolute Gasteiger partial charge is 0.480 e. The number of amides is 2. The number of carboxylic acid groups (broad SMARTS) is 1. The van der Waals surface area contributed by atoms with Gasteiger partial charge >= 0.3 is 5.97 Å². The van der Waals surface area contributed by atoms with E-state index in [1.807, 2.05) is 0 Å². The summed E-state index contributed by atoms with van der Waals surface area (Å²) in [6, 6.07) is -0.743. The third kappa shape index (κ3) is 3.70. The molecule has 1 atom stereocenters. The molecule has 1 unspecified atom stereocenters. The molecular weight excluding hydrogens is 226 g/mol. The number of carboxylic acids is 1. The fourth-order valence-electron chi connectivity index (χ4n) is 1.60. The summed E-state index contributed by atoms with van der Waals surface area (Å²) >= 11 is 0. The van der Waals surface area contributed by atoms with Crippen molar-refractivity contribution in [1.29, 1.82) is 0 Å². The molecule has 1 fully saturated rings. The van der Waals surface area contributed by atoms with Crippen LogP contribution in [0.2, 0.25) is 0 Å². The predicted molar refractivity (Wildman–Crippen MR) is 59.3 cm³/mol. The number of hydrogen-bond acceptors (Lipinski definition) is 4. The summed E-state index contributed by atoms with van der Waals surface area (Å²) in [5, 5.41) is 14.1. The van der Waals surface area contributed by atoms with Crippen LogP contribution in [-0.2, 0) is 14.4 Å². The number of rotatable bonds is 4. The van der Waals surface area contributed by atoms with Crippen molar-refractivity contribution in [1.82, 2.24) is 15.5 Å². The number of aliphatic carboxylic acids is 1. The van der Waals surface area contributed by atoms with Crippen LogP contribution in [-0.4, -0.2) is 59.5 Å². The van der Waals surface area contributed by atoms with Gasteiger partial charge in [0.1, 0.15) is 12.6 Å². The van der Waals surface area contributed by atoms with Gasteiger partial charge in [-0.2, -0.15) is 0 Å². The second-order valence-corrected chi connectivity index (χ2v) is 4.19. The van der Waals surface area contributed by atoms with E-state index < -0.39 is 12.0 Å². The van der Waals surface area contributed by atoms with E-state index in [9.17, 15) is 14.4 Å². The smallest absolute Gasteiger partial charge is 0.323 e. The Bertz CT molecular complexity index is 320. The summed E-state index contributed by atoms with van der Waals surface area (Å²) in [5.41, 5.74) is 0. The second-order valence-electron chi connectivity index (χ2n) is 4.19. The van der Waals surface area contributed by atoms with Gasteiger partial charge in [0.15, 0.2) is 0 Å². The molecule has 96 valence electrons. The SMILES string of the molecule is CC(C)N(CC(=O)O)C(=O)C1CNC(=O)CN1. The van der Waals surface area contributed by atoms with Crippen LogP contribution in [0.4, 0.5) is 0 Å². The van der Waals surface area contributed by atoms with Gasteiger partial charge in [0.05, 0.1) is 6.54 Å². The van der Waals surface area contributed by atoms with Crippen LogP contribution < -0.4 is 10.6 Å². The molecule has 0 spiro atoms. The third-order valence-corrected chi connectivity index (χ3v) is 2.52. The van der Waals surface area contributed by atoms with E-state index in [1.54, 1.807) is 13.8 Å². The Hall–Kier alpha value is -1.63. The number of nitrogens with zero attached hydrogens (tertiary/aromatic N) is 1. The zero-order valence-corrected chi connectivity index (χ0v) is 9.90. The highest BCUT2D eigenvalue weighted by Gasteiger charge is 2.30. The molecule has 1 aliphatic heterocycles. The Morgan fingerprint density at radius 3 is 2.59 bits per heavy atom. The molecule has 2 amide bonds. The number of hydrogen-bond donors (Lipinski definition) is 3. The van der Waals surface area contributed by atoms with Gasteiger partial charge in [-0.3, -0.25) is 19.7 Å². The molecule has 0 bridgehead atoms. The zero-order chi connectivity index (χ0) is 13.0. The Morgan fingerprint density at radius 1 is 1.53 bits per heavy atom. The maximum Gasteiger partial charge on any atom is 0.323 e. The lowest BCUT2D eigenvalue weighted by atomic mass is 10.1. The van der Waals surface area contributed by atoms with E-state index in [4.69, 9.17) is 5.11 Å². The van der Waals surface area contributed by atoms with Gasteiger partial charge in [-0.25, -0.2) is 0 Å². The van der Waals surface area contributed by atoms with Crippen molar-refractivity contribution in [3.63, 3.8) is 0 Å². The van der Waals surface area contributed by atoms with Crippen LogP contribution in [0.15, 0.2) is 0 Å². The number of nitrogens with one attached hydrogen (secondary N) is 2. The standard InChI is InChI=1S/C10H17N3O4/c1-6(2)13(5-9(15)16)10(17)7-3-12-8(14)4-11-7/h6-7,11H,3-5H2,1-2H3,(H,12,14)(H,15,16). The maximum absolute atomic E-state index is 12.0. The predicted octanol–water partition coefficient (Wildman–Crippen LogP) is -1.60. The lowest BCUT2D eigenvalue weighted by Gasteiger charge is -2.31. The van der Waals surface area contributed by atoms with Crippen molar-refractivity contribution < 1.29 is 19.5 Å². The van der Waals surface area contributed by atoms with E-state index in [-0.39, 0.29) is 37.5 Å². The highest BCUT2D eigenvalue weighted by molar-refractivity contribution is 5.88. The molecular formula is C10H17N3O4. The van der Waals surface area contributed by atoms with Crippen LogP contribution in [0, 0.1) is 0 Å². The summed E-state index contributed by atoms with van der Waals surface area (Å²) in [6.45, 7) is 3.45. The fourth-order valence-corrected chi connectivity index (χ4v) is 1.60. The topological polar surface area (TPSA) is 98.7 Å². The lowest BCUT2D eigenvalue weighted by Crippen LogP contribution is -2.60. The van der Waals surface area contributed by atoms with Crippen LogP contribution in [0.1, 0.15) is 13.8 Å². The van der Waals surface area contributed by atoms with Crippen LogP contribution >= 0.6 is 0 Å². The van der Waals surface area contributed by atoms with Crippen LogP contribution in [0.25, 0.3) is 0 Å². The Morgan fingerprint density at radius 2 is 2.18 bits per heavy atom. The monoisotopic (exact) mass is 243 g/mol. The molecule has 0 aromatic rings. The van der Waals surface area contributed by atoms with Crippen molar-refractivity contribution in [2.75, 3.05) is 19.6 Å². The van der Waals surface area contributed by atoms with E-state index in [2.05, 4.69) is 10.6 Å². The molecule has 17 heavy (non-hydrogen) atoms. The molecule has 1 aliphatic rings. The first kappa shape index (κ1) is 13.4. The molecule has 7 heteroatoms. The van der Waals surface area contributed by atoms with E-state index >= 15 is 0 Å². The molecule has 0 aromatic carbocycles. The number of carbonyl (C=O) groups excluding carboxylic acids is 2. The van der Waals surface area contributed by atoms with Gasteiger partial charge in [0.2, 0.25) is 11.8 Å². The molecule has 1 rings (SSSR count). The van der Waals surface area contributed by atoms with Crippen molar-refractivity contribution in [3.8, 4) is 0 Å². The Labute approximate surface area is 99.2 Å². The van der Waals surface area contributed by atoms with Gasteiger partial charge in [0, 0.05) is 12.6 Å². The summed E-state index contributed by atoms with van der Waals surface area (Å²) in [6.07, 6.45) is 0. The molecule has 1 heterocycles. The Balaban J connectivity index is 2.64. The van der Waals surface area contributed by atoms with Crippen molar-refractivity contribution in [2.45, 2.75) is 25.9 Å². The van der Waals surface area contributed by atoms with Gasteiger partial charge in [-0.15, -0.1) is 0 Å². The summed E-state index contributed by atoms with van der Waals surface area (Å²) in [7, 11) is 0. The minimum atomic E-state index is -1.05. The number of piperazine rings is 1. The highest BCUT2D eigenvalue weighted by atomic mass is 16.4. The first-order valence-corrected chi connectivity index (χ1v) is 5.44. The highest BCUT2D eigenvalue weighted by Crippen LogP contribution is 2.03. The minimum Gasteiger partial charge on any atom is -0.480 e. The lowest BCUT2D eigenvalue weighted by molar-refractivity contribution is -0.147. The molecule has 0 saturated carbocycles. The fraction of sp³-hybridized carbons (Fsp3) is 0.700. The molecule has 0 aliphatic carbocycles. The van der Waals surface area contributed by atoms with E-state index in [0.29, 0.717) is 0 Å². The third-order valence-electron chi connectivity index (χ3n) is 2.52. The molecule has 1 saturated heterocycles. The molecule has 3 N–H and O–H groups in total. The van der Waals surface area contributed by atoms with Crippen LogP contribution in [0.3, 0.4) is 0 Å². The first-order chi connectivity index (χ1) is 7.91. The Kier molecular flexibility index (Phi) is 4.45. The van der Waals surface area contributed by atoms with Crippen molar-refractivity contribution in [2.24, 2.45) is 0 Å². The molecule has 7 nitrogen and oxygen atoms in total. The van der Waals surface area contributed by atoms with Gasteiger partial charge < -0.3 is 15.3 Å². The average Bonchev–Trinajstić information content (AvgIpc) is 2.25. The number of carbonyl (C=O) groups is 3. The maximum atomic E-state index is 12.0. The normalized spacial score (nSPS) is 19.9. The molecule has 0 aromatic heterocycles. The summed E-state index contributed by atoms with van der Waals surface area (Å²) in [5.74, 6) is -1.52. The molecule has 0 radical (unpaired) electrons. The van der Waals surface area contributed by atoms with E-state index in [0.717, 1.165) is 0 Å². The summed E-state index contributed by atoms with van der Waals surface area (Å²) < 4.78 is 0. The van der Waals surface area contributed by atoms with Crippen molar-refractivity contribution >= 4 is 17.8 Å². The quantitative estimate of drug-likeness (QED) is 0.552. The van der Waals surface area contributed by atoms with Crippen LogP contribution in [0.5, 0.6) is 0 Å². The van der Waals surface area contributed by atoms with E-state index in [1.165, 1.54) is 4.90 Å². The van der Waals surface area contributed by atoms with Crippen molar-refractivity contribution in [3.05, 3.63) is 0 Å². The van der Waals surface area contributed by atoms with Gasteiger partial charge in [0.25, 0.3) is 0 Å². The van der Waals surface area contributed by atoms with Gasteiger partial charge in [-0.1, -0.05) is 0 Å². The van der Waals surface area contributed by atoms with Gasteiger partial charge in [-0.05, 0) is 13.8 Å². The summed E-state index contributed by atoms with van der Waals surface area (Å²) in [4.78, 5) is 34.9. The minimum absolute atomic E-state index is 0.0788. The average molecular weight is 243 g/mol. The zero-order valence-electron chi connectivity index (χ0n) is 9.90. The second kappa shape index (κ2) is 5.62. The first-order valence-electron chi connectivity index (χ1n) is 5.44.